The van der Waals surface area contributed by atoms with Crippen LogP contribution >= 0.6 is 23.4 Å². The van der Waals surface area contributed by atoms with E-state index in [1.807, 2.05) is 59.1 Å². The zero-order valence-electron chi connectivity index (χ0n) is 26.3. The minimum absolute atomic E-state index is 0.00839. The van der Waals surface area contributed by atoms with Gasteiger partial charge >= 0.3 is 5.97 Å². The Hall–Kier alpha value is -4.34. The fourth-order valence-electron chi connectivity index (χ4n) is 6.76. The lowest BCUT2D eigenvalue weighted by atomic mass is 9.94. The lowest BCUT2D eigenvalue weighted by Gasteiger charge is -2.26. The second kappa shape index (κ2) is 14.0. The molecule has 7 rings (SSSR count). The van der Waals surface area contributed by atoms with E-state index in [4.69, 9.17) is 21.3 Å². The van der Waals surface area contributed by atoms with E-state index in [9.17, 15) is 14.7 Å². The molecule has 1 saturated heterocycles. The summed E-state index contributed by atoms with van der Waals surface area (Å²) in [6, 6.07) is 23.0. The molecule has 0 atom stereocenters. The standard InChI is InChI=1S/C38H35ClFN3O4S/c39-28-10-6-24(7-11-28)31-13-8-25(37(44)42-16-18-48-19-17-42)20-27(31)23-47-30-12-14-32(33(40)22-30)36-41-34-21-26(38(45)46)9-15-35(34)43(36)29-4-2-1-3-5-29/h6-15,20-22,29H,1-5,16-19,23H2,(H,45,46). The van der Waals surface area contributed by atoms with Crippen molar-refractivity contribution in [1.29, 1.82) is 0 Å². The Kier molecular flexibility index (Phi) is 9.41. The van der Waals surface area contributed by atoms with Crippen LogP contribution in [0.1, 0.15) is 64.4 Å². The third-order valence-corrected chi connectivity index (χ3v) is 10.5. The van der Waals surface area contributed by atoms with Crippen LogP contribution in [0.25, 0.3) is 33.5 Å². The maximum absolute atomic E-state index is 16.0. The SMILES string of the molecule is O=C(O)c1ccc2c(c1)nc(-c1ccc(OCc3cc(C(=O)N4CCSCC4)ccc3-c3ccc(Cl)cc3)cc1F)n2C1CCCCC1. The number of ether oxygens (including phenoxy) is 1. The summed E-state index contributed by atoms with van der Waals surface area (Å²) < 4.78 is 24.3. The highest BCUT2D eigenvalue weighted by atomic mass is 35.5. The van der Waals surface area contributed by atoms with Crippen LogP contribution in [0.2, 0.25) is 5.02 Å². The molecule has 10 heteroatoms. The first-order valence-electron chi connectivity index (χ1n) is 16.3. The quantitative estimate of drug-likeness (QED) is 0.176. The number of carbonyl (C=O) groups is 2. The molecule has 1 aliphatic heterocycles. The number of imidazole rings is 1. The van der Waals surface area contributed by atoms with Crippen LogP contribution in [0.3, 0.4) is 0 Å². The van der Waals surface area contributed by atoms with Gasteiger partial charge in [0.1, 0.15) is 24.0 Å². The van der Waals surface area contributed by atoms with Crippen molar-refractivity contribution in [3.63, 3.8) is 0 Å². The van der Waals surface area contributed by atoms with Crippen molar-refractivity contribution < 1.29 is 23.8 Å². The number of amides is 1. The number of aromatic carboxylic acids is 1. The van der Waals surface area contributed by atoms with Gasteiger partial charge in [0.25, 0.3) is 5.91 Å². The number of hydrogen-bond acceptors (Lipinski definition) is 5. The molecular weight excluding hydrogens is 649 g/mol. The minimum atomic E-state index is -1.03. The fraction of sp³-hybridized carbons (Fsp3) is 0.289. The zero-order chi connectivity index (χ0) is 33.2. The topological polar surface area (TPSA) is 84.7 Å². The molecule has 1 aliphatic carbocycles. The van der Waals surface area contributed by atoms with Crippen molar-refractivity contribution in [3.05, 3.63) is 106 Å². The second-order valence-corrected chi connectivity index (χ2v) is 14.0. The first kappa shape index (κ1) is 32.2. The molecule has 246 valence electrons. The van der Waals surface area contributed by atoms with E-state index in [0.29, 0.717) is 33.2 Å². The maximum Gasteiger partial charge on any atom is 0.335 e. The van der Waals surface area contributed by atoms with Crippen molar-refractivity contribution >= 4 is 46.3 Å². The summed E-state index contributed by atoms with van der Waals surface area (Å²) >= 11 is 8.01. The molecule has 5 aromatic rings. The van der Waals surface area contributed by atoms with Crippen LogP contribution in [0, 0.1) is 5.82 Å². The van der Waals surface area contributed by atoms with Gasteiger partial charge < -0.3 is 19.3 Å². The van der Waals surface area contributed by atoms with E-state index in [0.717, 1.165) is 78.9 Å². The molecule has 0 unspecified atom stereocenters. The van der Waals surface area contributed by atoms with Gasteiger partial charge in [-0.2, -0.15) is 11.8 Å². The average Bonchev–Trinajstić information content (AvgIpc) is 3.50. The molecule has 7 nitrogen and oxygen atoms in total. The van der Waals surface area contributed by atoms with Crippen LogP contribution in [0.4, 0.5) is 4.39 Å². The van der Waals surface area contributed by atoms with Crippen LogP contribution < -0.4 is 4.74 Å². The maximum atomic E-state index is 16.0. The van der Waals surface area contributed by atoms with Crippen molar-refractivity contribution in [2.45, 2.75) is 44.8 Å². The first-order chi connectivity index (χ1) is 23.4. The average molecular weight is 684 g/mol. The zero-order valence-corrected chi connectivity index (χ0v) is 27.9. The highest BCUT2D eigenvalue weighted by Crippen LogP contribution is 2.38. The van der Waals surface area contributed by atoms with Crippen LogP contribution in [0.5, 0.6) is 5.75 Å². The molecule has 48 heavy (non-hydrogen) atoms. The molecule has 2 aliphatic rings. The van der Waals surface area contributed by atoms with Gasteiger partial charge in [-0.15, -0.1) is 0 Å². The molecule has 2 heterocycles. The Balaban J connectivity index is 1.20. The Morgan fingerprint density at radius 3 is 2.35 bits per heavy atom. The Morgan fingerprint density at radius 2 is 1.62 bits per heavy atom. The van der Waals surface area contributed by atoms with Crippen molar-refractivity contribution in [1.82, 2.24) is 14.5 Å². The minimum Gasteiger partial charge on any atom is -0.489 e. The number of nitrogens with zero attached hydrogens (tertiary/aromatic N) is 3. The number of carboxylic acid groups (broad SMARTS) is 1. The largest absolute Gasteiger partial charge is 0.489 e. The Bertz CT molecular complexity index is 1980. The van der Waals surface area contributed by atoms with Crippen molar-refractivity contribution in [2.24, 2.45) is 0 Å². The van der Waals surface area contributed by atoms with Gasteiger partial charge in [0.2, 0.25) is 0 Å². The summed E-state index contributed by atoms with van der Waals surface area (Å²) in [5.41, 5.74) is 5.02. The number of benzene rings is 4. The Morgan fingerprint density at radius 1 is 0.896 bits per heavy atom. The van der Waals surface area contributed by atoms with E-state index in [-0.39, 0.29) is 24.1 Å². The number of carbonyl (C=O) groups excluding carboxylic acids is 1. The summed E-state index contributed by atoms with van der Waals surface area (Å²) in [4.78, 5) is 31.7. The molecular formula is C38H35ClFN3O4S. The summed E-state index contributed by atoms with van der Waals surface area (Å²) in [5, 5.41) is 10.2. The van der Waals surface area contributed by atoms with E-state index >= 15 is 4.39 Å². The molecule has 0 spiro atoms. The van der Waals surface area contributed by atoms with Crippen molar-refractivity contribution in [3.8, 4) is 28.3 Å². The highest BCUT2D eigenvalue weighted by Gasteiger charge is 2.25. The van der Waals surface area contributed by atoms with Crippen molar-refractivity contribution in [2.75, 3.05) is 24.6 Å². The van der Waals surface area contributed by atoms with E-state index in [2.05, 4.69) is 4.57 Å². The molecule has 0 radical (unpaired) electrons. The predicted octanol–water partition coefficient (Wildman–Crippen LogP) is 9.13. The molecule has 0 bridgehead atoms. The number of rotatable bonds is 8. The molecule has 1 saturated carbocycles. The number of thioether (sulfide) groups is 1. The normalized spacial score (nSPS) is 15.5. The first-order valence-corrected chi connectivity index (χ1v) is 17.8. The molecule has 4 aromatic carbocycles. The third-order valence-electron chi connectivity index (χ3n) is 9.26. The smallest absolute Gasteiger partial charge is 0.335 e. The fourth-order valence-corrected chi connectivity index (χ4v) is 7.79. The highest BCUT2D eigenvalue weighted by molar-refractivity contribution is 7.99. The summed E-state index contributed by atoms with van der Waals surface area (Å²) in [6.07, 6.45) is 5.23. The van der Waals surface area contributed by atoms with Crippen LogP contribution in [-0.2, 0) is 6.61 Å². The van der Waals surface area contributed by atoms with Gasteiger partial charge in [0, 0.05) is 47.3 Å². The second-order valence-electron chi connectivity index (χ2n) is 12.3. The van der Waals surface area contributed by atoms with Gasteiger partial charge in [-0.1, -0.05) is 49.1 Å². The molecule has 1 N–H and O–H groups in total. The van der Waals surface area contributed by atoms with Crippen LogP contribution in [-0.4, -0.2) is 56.0 Å². The van der Waals surface area contributed by atoms with Gasteiger partial charge in [-0.3, -0.25) is 4.79 Å². The van der Waals surface area contributed by atoms with E-state index < -0.39 is 11.8 Å². The molecule has 1 aromatic heterocycles. The molecule has 1 amide bonds. The van der Waals surface area contributed by atoms with Gasteiger partial charge in [-0.05, 0) is 84.1 Å². The van der Waals surface area contributed by atoms with Gasteiger partial charge in [-0.25, -0.2) is 14.2 Å². The van der Waals surface area contributed by atoms with Gasteiger partial charge in [0.15, 0.2) is 0 Å². The lowest BCUT2D eigenvalue weighted by molar-refractivity contribution is 0.0696. The van der Waals surface area contributed by atoms with Gasteiger partial charge in [0.05, 0.1) is 22.2 Å². The number of aromatic nitrogens is 2. The summed E-state index contributed by atoms with van der Waals surface area (Å²) in [5.74, 6) is 1.15. The van der Waals surface area contributed by atoms with E-state index in [1.165, 1.54) is 6.07 Å². The Labute approximate surface area is 287 Å². The number of carboxylic acids is 1. The summed E-state index contributed by atoms with van der Waals surface area (Å²) in [7, 11) is 0. The predicted molar refractivity (Wildman–Crippen MR) is 189 cm³/mol. The number of fused-ring (bicyclic) bond motifs is 1. The molecule has 2 fully saturated rings. The summed E-state index contributed by atoms with van der Waals surface area (Å²) in [6.45, 7) is 1.55. The van der Waals surface area contributed by atoms with E-state index in [1.54, 1.807) is 30.3 Å². The monoisotopic (exact) mass is 683 g/mol. The third kappa shape index (κ3) is 6.66. The number of halogens is 2. The lowest BCUT2D eigenvalue weighted by Crippen LogP contribution is -2.37. The van der Waals surface area contributed by atoms with Crippen LogP contribution in [0.15, 0.2) is 78.9 Å². The number of hydrogen-bond donors (Lipinski definition) is 1.